The molecule has 0 radical (unpaired) electrons. The van der Waals surface area contributed by atoms with E-state index in [9.17, 15) is 4.79 Å². The Morgan fingerprint density at radius 3 is 2.25 bits per heavy atom. The molecule has 1 aliphatic heterocycles. The number of hydrogen-bond donors (Lipinski definition) is 1. The van der Waals surface area contributed by atoms with Crippen molar-refractivity contribution in [2.24, 2.45) is 0 Å². The van der Waals surface area contributed by atoms with E-state index in [4.69, 9.17) is 14.2 Å². The molecule has 1 fully saturated rings. The Bertz CT molecular complexity index is 1030. The molecule has 3 aromatic rings. The molecule has 0 unspecified atom stereocenters. The van der Waals surface area contributed by atoms with Crippen LogP contribution in [0.4, 0.5) is 10.5 Å². The minimum atomic E-state index is -0.141. The number of piperidine rings is 1. The highest BCUT2D eigenvalue weighted by Gasteiger charge is 2.25. The lowest BCUT2D eigenvalue weighted by atomic mass is 9.92. The number of ether oxygens (including phenoxy) is 3. The van der Waals surface area contributed by atoms with Crippen molar-refractivity contribution in [2.45, 2.75) is 18.8 Å². The lowest BCUT2D eigenvalue weighted by Crippen LogP contribution is -2.40. The maximum absolute atomic E-state index is 12.8. The molecule has 0 spiro atoms. The van der Waals surface area contributed by atoms with Crippen molar-refractivity contribution in [1.82, 2.24) is 14.7 Å². The molecule has 0 bridgehead atoms. The topological polar surface area (TPSA) is 77.9 Å². The van der Waals surface area contributed by atoms with E-state index in [0.717, 1.165) is 18.5 Å². The van der Waals surface area contributed by atoms with Crippen LogP contribution < -0.4 is 19.5 Å². The van der Waals surface area contributed by atoms with E-state index in [1.54, 1.807) is 33.5 Å². The number of nitrogens with one attached hydrogen (secondary N) is 1. The van der Waals surface area contributed by atoms with Gasteiger partial charge in [0.2, 0.25) is 5.75 Å². The molecular formula is C24H28N4O4. The number of aromatic nitrogens is 2. The minimum absolute atomic E-state index is 0.141. The number of benzene rings is 2. The van der Waals surface area contributed by atoms with E-state index >= 15 is 0 Å². The zero-order chi connectivity index (χ0) is 22.5. The average Bonchev–Trinajstić information content (AvgIpc) is 3.34. The summed E-state index contributed by atoms with van der Waals surface area (Å²) in [6, 6.07) is 13.4. The standard InChI is InChI=1S/C24H28N4O4/c1-30-21-13-19(14-22(31-2)23(21)32-3)26-24(29)27-11-9-17(10-12-27)18-15-25-28(16-18)20-7-5-4-6-8-20/h4-8,13-17H,9-12H2,1-3H3,(H,26,29). The summed E-state index contributed by atoms with van der Waals surface area (Å²) in [7, 11) is 4.65. The van der Waals surface area contributed by atoms with Crippen LogP contribution in [0.5, 0.6) is 17.2 Å². The number of methoxy groups -OCH3 is 3. The lowest BCUT2D eigenvalue weighted by Gasteiger charge is -2.31. The van der Waals surface area contributed by atoms with E-state index < -0.39 is 0 Å². The van der Waals surface area contributed by atoms with Gasteiger partial charge in [0.1, 0.15) is 0 Å². The van der Waals surface area contributed by atoms with Gasteiger partial charge in [0.15, 0.2) is 11.5 Å². The third kappa shape index (κ3) is 4.49. The number of hydrogen-bond acceptors (Lipinski definition) is 5. The van der Waals surface area contributed by atoms with Crippen molar-refractivity contribution in [3.63, 3.8) is 0 Å². The number of amides is 2. The Hall–Kier alpha value is -3.68. The summed E-state index contributed by atoms with van der Waals surface area (Å²) in [5, 5.41) is 7.46. The van der Waals surface area contributed by atoms with E-state index in [-0.39, 0.29) is 6.03 Å². The second kappa shape index (κ2) is 9.64. The molecule has 0 atom stereocenters. The van der Waals surface area contributed by atoms with Gasteiger partial charge < -0.3 is 24.4 Å². The highest BCUT2D eigenvalue weighted by molar-refractivity contribution is 5.90. The minimum Gasteiger partial charge on any atom is -0.493 e. The average molecular weight is 437 g/mol. The number of urea groups is 1. The molecule has 1 saturated heterocycles. The highest BCUT2D eigenvalue weighted by atomic mass is 16.5. The van der Waals surface area contributed by atoms with Gasteiger partial charge in [0.05, 0.1) is 38.9 Å². The third-order valence-electron chi connectivity index (χ3n) is 5.79. The van der Waals surface area contributed by atoms with Crippen molar-refractivity contribution in [3.05, 3.63) is 60.4 Å². The van der Waals surface area contributed by atoms with Gasteiger partial charge in [-0.15, -0.1) is 0 Å². The monoisotopic (exact) mass is 436 g/mol. The molecule has 0 aliphatic carbocycles. The SMILES string of the molecule is COc1cc(NC(=O)N2CCC(c3cnn(-c4ccccc4)c3)CC2)cc(OC)c1OC. The maximum atomic E-state index is 12.8. The quantitative estimate of drug-likeness (QED) is 0.623. The molecule has 1 aromatic heterocycles. The molecule has 2 heterocycles. The molecule has 4 rings (SSSR count). The summed E-state index contributed by atoms with van der Waals surface area (Å²) in [4.78, 5) is 14.7. The molecule has 1 N–H and O–H groups in total. The van der Waals surface area contributed by atoms with Gasteiger partial charge in [-0.05, 0) is 36.5 Å². The van der Waals surface area contributed by atoms with Gasteiger partial charge >= 0.3 is 6.03 Å². The molecule has 8 heteroatoms. The molecule has 1 aliphatic rings. The van der Waals surface area contributed by atoms with Crippen molar-refractivity contribution in [3.8, 4) is 22.9 Å². The predicted molar refractivity (Wildman–Crippen MR) is 122 cm³/mol. The normalized spacial score (nSPS) is 14.2. The fourth-order valence-corrected chi connectivity index (χ4v) is 4.04. The van der Waals surface area contributed by atoms with Crippen LogP contribution in [0.1, 0.15) is 24.3 Å². The van der Waals surface area contributed by atoms with Gasteiger partial charge in [-0.3, -0.25) is 0 Å². The fraction of sp³-hybridized carbons (Fsp3) is 0.333. The summed E-state index contributed by atoms with van der Waals surface area (Å²) in [6.45, 7) is 1.36. The second-order valence-electron chi connectivity index (χ2n) is 7.66. The van der Waals surface area contributed by atoms with Crippen molar-refractivity contribution in [1.29, 1.82) is 0 Å². The molecular weight excluding hydrogens is 408 g/mol. The van der Waals surface area contributed by atoms with Gasteiger partial charge in [-0.25, -0.2) is 9.48 Å². The van der Waals surface area contributed by atoms with Gasteiger partial charge in [0.25, 0.3) is 0 Å². The van der Waals surface area contributed by atoms with Gasteiger partial charge in [0, 0.05) is 31.4 Å². The zero-order valence-corrected chi connectivity index (χ0v) is 18.6. The lowest BCUT2D eigenvalue weighted by molar-refractivity contribution is 0.194. The summed E-state index contributed by atoms with van der Waals surface area (Å²) in [5.41, 5.74) is 2.84. The number of likely N-dealkylation sites (tertiary alicyclic amines) is 1. The molecule has 2 aromatic carbocycles. The maximum Gasteiger partial charge on any atom is 0.321 e. The zero-order valence-electron chi connectivity index (χ0n) is 18.6. The first kappa shape index (κ1) is 21.5. The van der Waals surface area contributed by atoms with E-state index in [0.29, 0.717) is 41.9 Å². The van der Waals surface area contributed by atoms with Crippen molar-refractivity contribution in [2.75, 3.05) is 39.7 Å². The molecule has 168 valence electrons. The van der Waals surface area contributed by atoms with Gasteiger partial charge in [-0.2, -0.15) is 5.10 Å². The first-order valence-electron chi connectivity index (χ1n) is 10.6. The molecule has 8 nitrogen and oxygen atoms in total. The van der Waals surface area contributed by atoms with E-state index in [1.807, 2.05) is 46.1 Å². The highest BCUT2D eigenvalue weighted by Crippen LogP contribution is 2.40. The summed E-state index contributed by atoms with van der Waals surface area (Å²) < 4.78 is 18.0. The number of rotatable bonds is 6. The van der Waals surface area contributed by atoms with Crippen LogP contribution in [0.2, 0.25) is 0 Å². The Balaban J connectivity index is 1.38. The number of para-hydroxylation sites is 1. The first-order valence-corrected chi connectivity index (χ1v) is 10.6. The molecule has 0 saturated carbocycles. The summed E-state index contributed by atoms with van der Waals surface area (Å²) >= 11 is 0. The number of carbonyl (C=O) groups is 1. The van der Waals surface area contributed by atoms with Crippen LogP contribution in [0.15, 0.2) is 54.9 Å². The third-order valence-corrected chi connectivity index (χ3v) is 5.79. The number of anilines is 1. The van der Waals surface area contributed by atoms with E-state index in [1.165, 1.54) is 5.56 Å². The van der Waals surface area contributed by atoms with Crippen molar-refractivity contribution >= 4 is 11.7 Å². The molecule has 32 heavy (non-hydrogen) atoms. The smallest absolute Gasteiger partial charge is 0.321 e. The fourth-order valence-electron chi connectivity index (χ4n) is 4.04. The Labute approximate surface area is 187 Å². The van der Waals surface area contributed by atoms with Crippen LogP contribution in [-0.2, 0) is 0 Å². The largest absolute Gasteiger partial charge is 0.493 e. The summed E-state index contributed by atoms with van der Waals surface area (Å²) in [5.74, 6) is 1.87. The van der Waals surface area contributed by atoms with Gasteiger partial charge in [-0.1, -0.05) is 18.2 Å². The predicted octanol–water partition coefficient (Wildman–Crippen LogP) is 4.31. The van der Waals surface area contributed by atoms with Crippen LogP contribution in [-0.4, -0.2) is 55.1 Å². The summed E-state index contributed by atoms with van der Waals surface area (Å²) in [6.07, 6.45) is 5.81. The second-order valence-corrected chi connectivity index (χ2v) is 7.66. The van der Waals surface area contributed by atoms with Crippen LogP contribution in [0.25, 0.3) is 5.69 Å². The van der Waals surface area contributed by atoms with Crippen LogP contribution >= 0.6 is 0 Å². The Morgan fingerprint density at radius 1 is 1.00 bits per heavy atom. The number of carbonyl (C=O) groups excluding carboxylic acids is 1. The molecule has 2 amide bonds. The van der Waals surface area contributed by atoms with E-state index in [2.05, 4.69) is 16.6 Å². The first-order chi connectivity index (χ1) is 15.6. The van der Waals surface area contributed by atoms with Crippen LogP contribution in [0, 0.1) is 0 Å². The number of nitrogens with zero attached hydrogens (tertiary/aromatic N) is 3. The van der Waals surface area contributed by atoms with Crippen LogP contribution in [0.3, 0.4) is 0 Å². The Morgan fingerprint density at radius 2 is 1.66 bits per heavy atom. The Kier molecular flexibility index (Phi) is 6.49. The van der Waals surface area contributed by atoms with Crippen molar-refractivity contribution < 1.29 is 19.0 Å².